The predicted octanol–water partition coefficient (Wildman–Crippen LogP) is 3.91. The molecule has 0 saturated heterocycles. The Morgan fingerprint density at radius 3 is 2.05 bits per heavy atom. The quantitative estimate of drug-likeness (QED) is 0.359. The van der Waals surface area contributed by atoms with E-state index in [1.807, 2.05) is 75.4 Å². The number of carbonyl (C=O) groups excluding carboxylic acids is 2. The van der Waals surface area contributed by atoms with Gasteiger partial charge in [0.2, 0.25) is 11.8 Å². The SMILES string of the molecule is Cc1ccc(CN(C(=O)CN(c2ccccc2F)S(=O)(=O)N(C)C)[C@H](Cc2ccccc2)C(=O)NC(C)C)cc1. The van der Waals surface area contributed by atoms with Crippen molar-refractivity contribution in [1.82, 2.24) is 14.5 Å². The molecule has 0 aliphatic rings. The van der Waals surface area contributed by atoms with Crippen LogP contribution >= 0.6 is 0 Å². The number of hydrogen-bond acceptors (Lipinski definition) is 4. The molecule has 0 heterocycles. The van der Waals surface area contributed by atoms with Crippen molar-refractivity contribution in [3.8, 4) is 0 Å². The molecule has 3 aromatic carbocycles. The Morgan fingerprint density at radius 1 is 0.875 bits per heavy atom. The molecule has 8 nitrogen and oxygen atoms in total. The van der Waals surface area contributed by atoms with Crippen LogP contribution in [0.15, 0.2) is 78.9 Å². The lowest BCUT2D eigenvalue weighted by Crippen LogP contribution is -2.55. The summed E-state index contributed by atoms with van der Waals surface area (Å²) in [6.45, 7) is 4.95. The largest absolute Gasteiger partial charge is 0.352 e. The summed E-state index contributed by atoms with van der Waals surface area (Å²) in [6, 6.07) is 21.1. The summed E-state index contributed by atoms with van der Waals surface area (Å²) < 4.78 is 43.2. The Bertz CT molecular complexity index is 1400. The summed E-state index contributed by atoms with van der Waals surface area (Å²) in [5.74, 6) is -1.80. The predicted molar refractivity (Wildman–Crippen MR) is 155 cm³/mol. The van der Waals surface area contributed by atoms with E-state index >= 15 is 0 Å². The fraction of sp³-hybridized carbons (Fsp3) is 0.333. The molecule has 0 fully saturated rings. The maximum Gasteiger partial charge on any atom is 0.304 e. The van der Waals surface area contributed by atoms with Gasteiger partial charge >= 0.3 is 10.2 Å². The van der Waals surface area contributed by atoms with Crippen LogP contribution in [0.1, 0.15) is 30.5 Å². The highest BCUT2D eigenvalue weighted by molar-refractivity contribution is 7.90. The Kier molecular flexibility index (Phi) is 10.4. The first-order valence-electron chi connectivity index (χ1n) is 13.0. The molecule has 40 heavy (non-hydrogen) atoms. The van der Waals surface area contributed by atoms with Gasteiger partial charge in [0, 0.05) is 33.1 Å². The van der Waals surface area contributed by atoms with E-state index in [4.69, 9.17) is 0 Å². The Balaban J connectivity index is 2.10. The van der Waals surface area contributed by atoms with Crippen molar-refractivity contribution in [3.05, 3.63) is 101 Å². The second-order valence-electron chi connectivity index (χ2n) is 10.1. The highest BCUT2D eigenvalue weighted by Gasteiger charge is 2.35. The first-order valence-corrected chi connectivity index (χ1v) is 14.4. The number of para-hydroxylation sites is 1. The minimum atomic E-state index is -4.27. The van der Waals surface area contributed by atoms with Gasteiger partial charge in [-0.3, -0.25) is 9.59 Å². The Morgan fingerprint density at radius 2 is 1.48 bits per heavy atom. The topological polar surface area (TPSA) is 90.0 Å². The molecule has 3 rings (SSSR count). The van der Waals surface area contributed by atoms with Crippen LogP contribution in [-0.2, 0) is 32.8 Å². The van der Waals surface area contributed by atoms with Gasteiger partial charge in [-0.15, -0.1) is 0 Å². The van der Waals surface area contributed by atoms with Crippen LogP contribution in [-0.4, -0.2) is 62.2 Å². The van der Waals surface area contributed by atoms with E-state index in [9.17, 15) is 22.4 Å². The molecule has 214 valence electrons. The summed E-state index contributed by atoms with van der Waals surface area (Å²) in [5.41, 5.74) is 2.37. The van der Waals surface area contributed by atoms with Crippen LogP contribution in [0.25, 0.3) is 0 Å². The number of halogens is 1. The molecule has 0 radical (unpaired) electrons. The summed E-state index contributed by atoms with van der Waals surface area (Å²) in [6.07, 6.45) is 0.205. The molecule has 0 bridgehead atoms. The number of hydrogen-bond donors (Lipinski definition) is 1. The van der Waals surface area contributed by atoms with Gasteiger partial charge < -0.3 is 10.2 Å². The third-order valence-electron chi connectivity index (χ3n) is 6.32. The van der Waals surface area contributed by atoms with Crippen LogP contribution in [0.5, 0.6) is 0 Å². The monoisotopic (exact) mass is 568 g/mol. The highest BCUT2D eigenvalue weighted by atomic mass is 32.2. The molecule has 1 N–H and O–H groups in total. The summed E-state index contributed by atoms with van der Waals surface area (Å²) in [5, 5.41) is 2.90. The van der Waals surface area contributed by atoms with E-state index in [1.165, 1.54) is 37.2 Å². The zero-order valence-electron chi connectivity index (χ0n) is 23.5. The molecular weight excluding hydrogens is 531 g/mol. The minimum absolute atomic E-state index is 0.0508. The number of anilines is 1. The third-order valence-corrected chi connectivity index (χ3v) is 8.12. The molecule has 0 aliphatic heterocycles. The van der Waals surface area contributed by atoms with Gasteiger partial charge in [-0.1, -0.05) is 72.3 Å². The summed E-state index contributed by atoms with van der Waals surface area (Å²) >= 11 is 0. The second kappa shape index (κ2) is 13.5. The lowest BCUT2D eigenvalue weighted by molar-refractivity contribution is -0.140. The molecule has 0 saturated carbocycles. The van der Waals surface area contributed by atoms with Gasteiger partial charge in [0.25, 0.3) is 0 Å². The van der Waals surface area contributed by atoms with Crippen LogP contribution < -0.4 is 9.62 Å². The lowest BCUT2D eigenvalue weighted by Gasteiger charge is -2.34. The summed E-state index contributed by atoms with van der Waals surface area (Å²) in [7, 11) is -1.64. The average Bonchev–Trinajstić information content (AvgIpc) is 2.90. The van der Waals surface area contributed by atoms with Crippen LogP contribution in [0.4, 0.5) is 10.1 Å². The van der Waals surface area contributed by atoms with Gasteiger partial charge in [0.1, 0.15) is 18.4 Å². The Hall–Kier alpha value is -3.76. The van der Waals surface area contributed by atoms with E-state index in [1.54, 1.807) is 0 Å². The van der Waals surface area contributed by atoms with Gasteiger partial charge in [0.15, 0.2) is 0 Å². The van der Waals surface area contributed by atoms with Crippen molar-refractivity contribution in [3.63, 3.8) is 0 Å². The number of nitrogens with one attached hydrogen (secondary N) is 1. The second-order valence-corrected chi connectivity index (χ2v) is 12.2. The fourth-order valence-electron chi connectivity index (χ4n) is 4.18. The normalized spacial score (nSPS) is 12.3. The molecular formula is C30H37FN4O4S. The van der Waals surface area contributed by atoms with Crippen molar-refractivity contribution >= 4 is 27.7 Å². The summed E-state index contributed by atoms with van der Waals surface area (Å²) in [4.78, 5) is 29.0. The van der Waals surface area contributed by atoms with E-state index < -0.39 is 34.5 Å². The van der Waals surface area contributed by atoms with Crippen LogP contribution in [0.3, 0.4) is 0 Å². The average molecular weight is 569 g/mol. The molecule has 0 unspecified atom stereocenters. The number of carbonyl (C=O) groups is 2. The van der Waals surface area contributed by atoms with Crippen molar-refractivity contribution in [2.45, 2.75) is 45.8 Å². The van der Waals surface area contributed by atoms with Gasteiger partial charge in [0.05, 0.1) is 5.69 Å². The highest BCUT2D eigenvalue weighted by Crippen LogP contribution is 2.24. The standard InChI is InChI=1S/C30H37FN4O4S/c1-22(2)32-30(37)28(19-24-11-7-6-8-12-24)34(20-25-17-15-23(3)16-18-25)29(36)21-35(40(38,39)33(4)5)27-14-10-9-13-26(27)31/h6-18,22,28H,19-21H2,1-5H3,(H,32,37)/t28-/m1/s1. The van der Waals surface area contributed by atoms with E-state index in [-0.39, 0.29) is 30.6 Å². The molecule has 0 aliphatic carbocycles. The molecule has 1 atom stereocenters. The Labute approximate surface area is 236 Å². The number of benzene rings is 3. The maximum atomic E-state index is 14.9. The van der Waals surface area contributed by atoms with Gasteiger partial charge in [-0.25, -0.2) is 8.70 Å². The first kappa shape index (κ1) is 30.8. The van der Waals surface area contributed by atoms with E-state index in [0.717, 1.165) is 31.4 Å². The van der Waals surface area contributed by atoms with Crippen molar-refractivity contribution in [2.75, 3.05) is 24.9 Å². The smallest absolute Gasteiger partial charge is 0.304 e. The number of amides is 2. The van der Waals surface area contributed by atoms with Crippen LogP contribution in [0, 0.1) is 12.7 Å². The lowest BCUT2D eigenvalue weighted by atomic mass is 10.0. The fourth-order valence-corrected chi connectivity index (χ4v) is 5.25. The molecule has 0 aromatic heterocycles. The zero-order chi connectivity index (χ0) is 29.4. The number of rotatable bonds is 12. The first-order chi connectivity index (χ1) is 18.9. The molecule has 0 spiro atoms. The third kappa shape index (κ3) is 7.89. The van der Waals surface area contributed by atoms with Crippen molar-refractivity contribution < 1.29 is 22.4 Å². The molecule has 2 amide bonds. The van der Waals surface area contributed by atoms with Crippen LogP contribution in [0.2, 0.25) is 0 Å². The zero-order valence-corrected chi connectivity index (χ0v) is 24.4. The van der Waals surface area contributed by atoms with Crippen molar-refractivity contribution in [1.29, 1.82) is 0 Å². The van der Waals surface area contributed by atoms with Gasteiger partial charge in [-0.05, 0) is 44.0 Å². The van der Waals surface area contributed by atoms with E-state index in [2.05, 4.69) is 5.32 Å². The van der Waals surface area contributed by atoms with E-state index in [0.29, 0.717) is 0 Å². The molecule has 10 heteroatoms. The maximum absolute atomic E-state index is 14.9. The van der Waals surface area contributed by atoms with Gasteiger partial charge in [-0.2, -0.15) is 12.7 Å². The van der Waals surface area contributed by atoms with Crippen molar-refractivity contribution in [2.24, 2.45) is 0 Å². The number of aryl methyl sites for hydroxylation is 1. The number of nitrogens with zero attached hydrogens (tertiary/aromatic N) is 3. The molecule has 3 aromatic rings. The minimum Gasteiger partial charge on any atom is -0.352 e.